The van der Waals surface area contributed by atoms with E-state index in [-0.39, 0.29) is 0 Å². The van der Waals surface area contributed by atoms with Gasteiger partial charge in [-0.3, -0.25) is 4.48 Å². The maximum Gasteiger partial charge on any atom is 0.111 e. The third-order valence-electron chi connectivity index (χ3n) is 1.92. The molecule has 1 fully saturated rings. The van der Waals surface area contributed by atoms with Crippen molar-refractivity contribution in [3.05, 3.63) is 12.3 Å². The Morgan fingerprint density at radius 1 is 1.56 bits per heavy atom. The molecule has 1 nitrogen and oxygen atoms in total. The molecule has 0 aromatic rings. The maximum atomic E-state index is 4.02. The Morgan fingerprint density at radius 3 is 2.56 bits per heavy atom. The molecule has 1 saturated heterocycles. The van der Waals surface area contributed by atoms with Crippen LogP contribution in [-0.4, -0.2) is 36.6 Å². The molecule has 0 atom stereocenters. The third kappa shape index (κ3) is 1.49. The molecule has 1 heterocycles. The van der Waals surface area contributed by atoms with E-state index in [1.54, 1.807) is 0 Å². The monoisotopic (exact) mass is 144 g/mol. The summed E-state index contributed by atoms with van der Waals surface area (Å²) in [7, 11) is 4.45. The third-order valence-corrected chi connectivity index (χ3v) is 2.93. The van der Waals surface area contributed by atoms with Crippen LogP contribution >= 0.6 is 11.8 Å². The fourth-order valence-corrected chi connectivity index (χ4v) is 2.13. The van der Waals surface area contributed by atoms with Gasteiger partial charge in [0.2, 0.25) is 0 Å². The van der Waals surface area contributed by atoms with Gasteiger partial charge in [-0.1, -0.05) is 0 Å². The Hall–Kier alpha value is 0.0500. The first kappa shape index (κ1) is 7.16. The minimum atomic E-state index is 1.02. The highest BCUT2D eigenvalue weighted by Crippen LogP contribution is 2.21. The van der Waals surface area contributed by atoms with Crippen LogP contribution in [0.25, 0.3) is 0 Å². The first-order valence-electron chi connectivity index (χ1n) is 3.22. The van der Waals surface area contributed by atoms with Gasteiger partial charge in [0.25, 0.3) is 0 Å². The zero-order valence-corrected chi connectivity index (χ0v) is 7.00. The first-order chi connectivity index (χ1) is 4.13. The van der Waals surface area contributed by atoms with Crippen molar-refractivity contribution < 1.29 is 4.48 Å². The molecular formula is C7H14NS+. The van der Waals surface area contributed by atoms with Gasteiger partial charge in [0, 0.05) is 5.75 Å². The number of thioether (sulfide) groups is 1. The van der Waals surface area contributed by atoms with E-state index in [1.807, 2.05) is 11.8 Å². The average Bonchev–Trinajstić information content (AvgIpc) is 1.77. The molecule has 1 aliphatic heterocycles. The van der Waals surface area contributed by atoms with Crippen LogP contribution in [0.2, 0.25) is 0 Å². The van der Waals surface area contributed by atoms with Crippen molar-refractivity contribution >= 4 is 11.8 Å². The van der Waals surface area contributed by atoms with Crippen LogP contribution in [0.5, 0.6) is 0 Å². The molecule has 0 unspecified atom stereocenters. The van der Waals surface area contributed by atoms with E-state index in [9.17, 15) is 0 Å². The van der Waals surface area contributed by atoms with E-state index < -0.39 is 0 Å². The highest BCUT2D eigenvalue weighted by Gasteiger charge is 2.23. The lowest BCUT2D eigenvalue weighted by atomic mass is 10.4. The van der Waals surface area contributed by atoms with E-state index in [0.717, 1.165) is 10.2 Å². The number of hydrogen-bond donors (Lipinski definition) is 0. The molecular weight excluding hydrogens is 130 g/mol. The second kappa shape index (κ2) is 2.35. The average molecular weight is 144 g/mol. The molecule has 0 spiro atoms. The lowest BCUT2D eigenvalue weighted by Crippen LogP contribution is -2.43. The summed E-state index contributed by atoms with van der Waals surface area (Å²) in [5.41, 5.74) is 1.35. The van der Waals surface area contributed by atoms with Crippen LogP contribution < -0.4 is 0 Å². The minimum Gasteiger partial charge on any atom is -0.299 e. The van der Waals surface area contributed by atoms with E-state index in [0.29, 0.717) is 0 Å². The van der Waals surface area contributed by atoms with Crippen molar-refractivity contribution in [2.75, 3.05) is 32.1 Å². The Kier molecular flexibility index (Phi) is 1.87. The number of hydrogen-bond acceptors (Lipinski definition) is 1. The lowest BCUT2D eigenvalue weighted by Gasteiger charge is -2.34. The second-order valence-corrected chi connectivity index (χ2v) is 4.13. The predicted molar refractivity (Wildman–Crippen MR) is 43.4 cm³/mol. The SMILES string of the molecule is C=C1CSCC[N+]1(C)C. The molecule has 0 N–H and O–H groups in total. The number of rotatable bonds is 0. The lowest BCUT2D eigenvalue weighted by molar-refractivity contribution is -0.849. The van der Waals surface area contributed by atoms with Crippen LogP contribution in [-0.2, 0) is 0 Å². The second-order valence-electron chi connectivity index (χ2n) is 3.03. The minimum absolute atomic E-state index is 1.02. The van der Waals surface area contributed by atoms with Crippen LogP contribution in [0.4, 0.5) is 0 Å². The summed E-state index contributed by atoms with van der Waals surface area (Å²) in [4.78, 5) is 0. The summed E-state index contributed by atoms with van der Waals surface area (Å²) < 4.78 is 1.02. The van der Waals surface area contributed by atoms with E-state index >= 15 is 0 Å². The summed E-state index contributed by atoms with van der Waals surface area (Å²) in [5, 5.41) is 0. The molecule has 52 valence electrons. The molecule has 0 aromatic heterocycles. The maximum absolute atomic E-state index is 4.02. The van der Waals surface area contributed by atoms with E-state index in [4.69, 9.17) is 0 Å². The fraction of sp³-hybridized carbons (Fsp3) is 0.714. The van der Waals surface area contributed by atoms with Gasteiger partial charge < -0.3 is 0 Å². The summed E-state index contributed by atoms with van der Waals surface area (Å²) in [5.74, 6) is 2.43. The van der Waals surface area contributed by atoms with Gasteiger partial charge in [-0.2, -0.15) is 0 Å². The van der Waals surface area contributed by atoms with Crippen LogP contribution in [0.1, 0.15) is 0 Å². The molecule has 1 aliphatic rings. The molecule has 9 heavy (non-hydrogen) atoms. The zero-order chi connectivity index (χ0) is 6.91. The molecule has 0 saturated carbocycles. The van der Waals surface area contributed by atoms with Gasteiger partial charge in [0.05, 0.1) is 26.4 Å². The van der Waals surface area contributed by atoms with Gasteiger partial charge in [0.1, 0.15) is 5.70 Å². The van der Waals surface area contributed by atoms with Gasteiger partial charge in [-0.15, -0.1) is 11.8 Å². The van der Waals surface area contributed by atoms with Crippen molar-refractivity contribution in [2.45, 2.75) is 0 Å². The Morgan fingerprint density at radius 2 is 2.22 bits per heavy atom. The standard InChI is InChI=1S/C7H14NS/c1-7-6-9-5-4-8(7,2)3/h1,4-6H2,2-3H3/q+1. The van der Waals surface area contributed by atoms with Crippen molar-refractivity contribution in [3.8, 4) is 0 Å². The quantitative estimate of drug-likeness (QED) is 0.462. The van der Waals surface area contributed by atoms with E-state index in [2.05, 4.69) is 20.7 Å². The van der Waals surface area contributed by atoms with Crippen molar-refractivity contribution in [3.63, 3.8) is 0 Å². The van der Waals surface area contributed by atoms with Gasteiger partial charge in [0.15, 0.2) is 0 Å². The molecule has 0 radical (unpaired) electrons. The van der Waals surface area contributed by atoms with Crippen LogP contribution in [0.15, 0.2) is 12.3 Å². The smallest absolute Gasteiger partial charge is 0.111 e. The normalized spacial score (nSPS) is 26.2. The zero-order valence-electron chi connectivity index (χ0n) is 6.18. The van der Waals surface area contributed by atoms with Crippen molar-refractivity contribution in [2.24, 2.45) is 0 Å². The van der Waals surface area contributed by atoms with Gasteiger partial charge in [-0.25, -0.2) is 0 Å². The largest absolute Gasteiger partial charge is 0.299 e. The van der Waals surface area contributed by atoms with Gasteiger partial charge >= 0.3 is 0 Å². The van der Waals surface area contributed by atoms with Crippen LogP contribution in [0, 0.1) is 0 Å². The highest BCUT2D eigenvalue weighted by atomic mass is 32.2. The number of quaternary nitrogens is 1. The molecule has 1 rings (SSSR count). The predicted octanol–water partition coefficient (Wildman–Crippen LogP) is 1.32. The summed E-state index contributed by atoms with van der Waals surface area (Å²) in [6, 6.07) is 0. The molecule has 0 aromatic carbocycles. The Labute approximate surface area is 61.3 Å². The highest BCUT2D eigenvalue weighted by molar-refractivity contribution is 7.99. The fourth-order valence-electron chi connectivity index (χ4n) is 0.816. The molecule has 0 amide bonds. The summed E-state index contributed by atoms with van der Waals surface area (Å²) >= 11 is 1.99. The molecule has 0 bridgehead atoms. The molecule has 2 heteroatoms. The van der Waals surface area contributed by atoms with Crippen molar-refractivity contribution in [1.82, 2.24) is 0 Å². The Bertz CT molecular complexity index is 129. The topological polar surface area (TPSA) is 0 Å². The molecule has 0 aliphatic carbocycles. The van der Waals surface area contributed by atoms with Crippen LogP contribution in [0.3, 0.4) is 0 Å². The van der Waals surface area contributed by atoms with Crippen molar-refractivity contribution in [1.29, 1.82) is 0 Å². The number of nitrogens with zero attached hydrogens (tertiary/aromatic N) is 1. The summed E-state index contributed by atoms with van der Waals surface area (Å²) in [6.45, 7) is 5.26. The first-order valence-corrected chi connectivity index (χ1v) is 4.37. The Balaban J connectivity index is 2.60. The summed E-state index contributed by atoms with van der Waals surface area (Å²) in [6.07, 6.45) is 0. The van der Waals surface area contributed by atoms with Gasteiger partial charge in [-0.05, 0) is 6.58 Å². The van der Waals surface area contributed by atoms with E-state index in [1.165, 1.54) is 18.0 Å².